The van der Waals surface area contributed by atoms with E-state index in [-0.39, 0.29) is 218 Å². The molecule has 44 heteroatoms. The van der Waals surface area contributed by atoms with Crippen molar-refractivity contribution < 1.29 is 143 Å². The molecule has 0 aromatic carbocycles. The second-order valence-corrected chi connectivity index (χ2v) is 46.4. The summed E-state index contributed by atoms with van der Waals surface area (Å²) in [5.74, 6) is 11.7. The Kier molecular flexibility index (Phi) is 93.7. The molecule has 14 atom stereocenters. The van der Waals surface area contributed by atoms with Gasteiger partial charge in [0.2, 0.25) is 0 Å². The number of rotatable bonds is 78. The highest BCUT2D eigenvalue weighted by atomic mass is 32.2. The van der Waals surface area contributed by atoms with E-state index in [0.717, 1.165) is 24.3 Å². The summed E-state index contributed by atoms with van der Waals surface area (Å²) in [5, 5.41) is 263. The lowest BCUT2D eigenvalue weighted by Crippen LogP contribution is -2.38. The fraction of sp³-hybridized carbons (Fsp3) is 1.00. The van der Waals surface area contributed by atoms with Crippen LogP contribution in [0.1, 0.15) is 53.4 Å². The molecule has 28 N–H and O–H groups in total. The average molecular weight is 1950 g/mol. The standard InChI is InChI=1S/2C18H38O7S4.2C17H36O7S4/c1-2-14(22)6-26-10-18(11-27-7-15(23)3-19,12-28-8-16(24)4-20)13-29-9-17(25)5-21;1-2-14(3-19)26-10-18(11-27-15(4-20)5-21,12-28-16(6-22)7-23)13-29-17(8-24)9-25;1-2-12(21)6-25-10-16(27-8-14(23)4-19)17(28-9-15(24)5-20)11-26-7-13(22)3-18;1-2-12(3-18)25-10-16(27-14(6-21)7-22)17(28-15(8-23)9-24)11-26-13(4-19)5-20/h2*14-17,19-25H,2-13H2,1H3;2*12-24H,2-11H2,1H3. The first kappa shape index (κ1) is 125. The van der Waals surface area contributed by atoms with E-state index < -0.39 is 36.6 Å². The largest absolute Gasteiger partial charge is 0.395 e. The zero-order valence-corrected chi connectivity index (χ0v) is 79.8. The summed E-state index contributed by atoms with van der Waals surface area (Å²) in [5.41, 5.74) is -0.501. The maximum atomic E-state index is 9.88. The summed E-state index contributed by atoms with van der Waals surface area (Å²) in [6.07, 6.45) is -2.45. The van der Waals surface area contributed by atoms with E-state index in [0.29, 0.717) is 116 Å². The summed E-state index contributed by atoms with van der Waals surface area (Å²) in [6, 6.07) is 0. The summed E-state index contributed by atoms with van der Waals surface area (Å²) < 4.78 is 0. The maximum Gasteiger partial charge on any atom is 0.0861 e. The fourth-order valence-electron chi connectivity index (χ4n) is 8.48. The van der Waals surface area contributed by atoms with Crippen LogP contribution in [-0.4, -0.2) is 502 Å². The van der Waals surface area contributed by atoms with Gasteiger partial charge in [0.05, 0.1) is 212 Å². The number of aliphatic hydroxyl groups excluding tert-OH is 28. The molecule has 14 unspecified atom stereocenters. The fourth-order valence-corrected chi connectivity index (χ4v) is 31.1. The van der Waals surface area contributed by atoms with Crippen molar-refractivity contribution in [2.24, 2.45) is 10.8 Å². The lowest BCUT2D eigenvalue weighted by Gasteiger charge is -2.36. The highest BCUT2D eigenvalue weighted by Crippen LogP contribution is 2.42. The van der Waals surface area contributed by atoms with Crippen LogP contribution in [0.3, 0.4) is 0 Å². The van der Waals surface area contributed by atoms with Crippen LogP contribution in [0.5, 0.6) is 0 Å². The molecule has 0 heterocycles. The van der Waals surface area contributed by atoms with Crippen LogP contribution in [0.25, 0.3) is 0 Å². The molecule has 114 heavy (non-hydrogen) atoms. The SMILES string of the molecule is CCC(CO)SCC(CSC(CO)CO)(CSC(CO)CO)CSC(CO)CO.CCC(CO)SCC(SC(CO)CO)C(CSC(CO)CO)SC(CO)CO.CCC(O)CSCC(CSCC(O)CO)(CSCC(O)CO)CSCC(O)CO.CCC(O)CSCC(SCC(O)CO)C(CSCC(O)CO)SCC(O)CO. The Hall–Kier alpha value is 4.48. The Morgan fingerprint density at radius 3 is 0.640 bits per heavy atom. The van der Waals surface area contributed by atoms with Gasteiger partial charge < -0.3 is 143 Å². The molecule has 28 nitrogen and oxygen atoms in total. The third-order valence-electron chi connectivity index (χ3n) is 16.1. The third kappa shape index (κ3) is 66.8. The Labute approximate surface area is 747 Å². The normalized spacial score (nSPS) is 16.5. The summed E-state index contributed by atoms with van der Waals surface area (Å²) in [7, 11) is 0. The molecule has 0 aliphatic heterocycles. The molecule has 0 rings (SSSR count). The van der Waals surface area contributed by atoms with E-state index in [4.69, 9.17) is 30.6 Å². The molecule has 0 amide bonds. The van der Waals surface area contributed by atoms with Gasteiger partial charge in [0.15, 0.2) is 0 Å². The predicted molar refractivity (Wildman–Crippen MR) is 500 cm³/mol. The minimum absolute atomic E-state index is 0.0222. The number of aliphatic hydroxyl groups is 28. The van der Waals surface area contributed by atoms with Gasteiger partial charge in [-0.2, -0.15) is 165 Å². The van der Waals surface area contributed by atoms with E-state index >= 15 is 0 Å². The van der Waals surface area contributed by atoms with Crippen LogP contribution in [0, 0.1) is 10.8 Å². The Morgan fingerprint density at radius 1 is 0.175 bits per heavy atom. The Balaban J connectivity index is -0.000000708. The Morgan fingerprint density at radius 2 is 0.386 bits per heavy atom. The molecule has 0 bridgehead atoms. The number of hydrogen-bond donors (Lipinski definition) is 28. The number of thioether (sulfide) groups is 16. The highest BCUT2D eigenvalue weighted by Gasteiger charge is 2.37. The third-order valence-corrected chi connectivity index (χ3v) is 40.7. The van der Waals surface area contributed by atoms with Crippen LogP contribution in [0.2, 0.25) is 0 Å². The van der Waals surface area contributed by atoms with Crippen molar-refractivity contribution >= 4 is 188 Å². The van der Waals surface area contributed by atoms with E-state index in [1.165, 1.54) is 94.1 Å². The molecule has 692 valence electrons. The maximum absolute atomic E-state index is 9.88. The molecule has 0 spiro atoms. The van der Waals surface area contributed by atoms with Crippen LogP contribution in [0.4, 0.5) is 0 Å². The lowest BCUT2D eigenvalue weighted by atomic mass is 9.99. The number of hydrogen-bond acceptors (Lipinski definition) is 44. The summed E-state index contributed by atoms with van der Waals surface area (Å²) in [4.78, 5) is 0. The van der Waals surface area contributed by atoms with Gasteiger partial charge in [-0.25, -0.2) is 0 Å². The molecule has 0 fully saturated rings. The van der Waals surface area contributed by atoms with Crippen molar-refractivity contribution in [1.82, 2.24) is 0 Å². The summed E-state index contributed by atoms with van der Waals surface area (Å²) in [6.45, 7) is 4.49. The molecule has 0 aromatic heterocycles. The molecular formula is C70H148O28S16. The van der Waals surface area contributed by atoms with E-state index in [1.54, 1.807) is 94.1 Å². The molecule has 0 saturated heterocycles. The molecular weight excluding hydrogens is 1800 g/mol. The Bertz CT molecular complexity index is 1770. The zero-order valence-electron chi connectivity index (χ0n) is 66.7. The van der Waals surface area contributed by atoms with E-state index in [1.807, 2.05) is 27.7 Å². The van der Waals surface area contributed by atoms with Gasteiger partial charge in [-0.1, -0.05) is 27.7 Å². The second kappa shape index (κ2) is 85.6. The quantitative estimate of drug-likeness (QED) is 0.0328. The van der Waals surface area contributed by atoms with Gasteiger partial charge in [-0.15, -0.1) is 23.5 Å². The predicted octanol–water partition coefficient (Wildman–Crippen LogP) is -1.55. The molecule has 0 aliphatic rings. The average Bonchev–Trinajstić information content (AvgIpc) is 0.852. The van der Waals surface area contributed by atoms with Crippen molar-refractivity contribution in [2.75, 3.05) is 247 Å². The van der Waals surface area contributed by atoms with Gasteiger partial charge in [0.1, 0.15) is 0 Å². The van der Waals surface area contributed by atoms with Gasteiger partial charge in [-0.3, -0.25) is 0 Å². The first-order valence-electron chi connectivity index (χ1n) is 38.0. The summed E-state index contributed by atoms with van der Waals surface area (Å²) >= 11 is 24.6. The van der Waals surface area contributed by atoms with Gasteiger partial charge >= 0.3 is 0 Å². The molecule has 0 aliphatic carbocycles. The minimum atomic E-state index is -0.816. The monoisotopic (exact) mass is 1950 g/mol. The van der Waals surface area contributed by atoms with Crippen LogP contribution in [0.15, 0.2) is 0 Å². The first-order valence-corrected chi connectivity index (χ1v) is 55.2. The van der Waals surface area contributed by atoms with Gasteiger partial charge in [0.25, 0.3) is 0 Å². The topological polar surface area (TPSA) is 566 Å². The lowest BCUT2D eigenvalue weighted by molar-refractivity contribution is 0.113. The van der Waals surface area contributed by atoms with Crippen LogP contribution >= 0.6 is 188 Å². The molecule has 0 saturated carbocycles. The van der Waals surface area contributed by atoms with E-state index in [9.17, 15) is 112 Å². The van der Waals surface area contributed by atoms with Gasteiger partial charge in [0, 0.05) is 157 Å². The first-order chi connectivity index (χ1) is 54.7. The van der Waals surface area contributed by atoms with Crippen molar-refractivity contribution in [1.29, 1.82) is 0 Å². The van der Waals surface area contributed by atoms with Gasteiger partial charge in [-0.05, 0) is 25.7 Å². The van der Waals surface area contributed by atoms with Crippen molar-refractivity contribution in [2.45, 2.75) is 165 Å². The van der Waals surface area contributed by atoms with Crippen molar-refractivity contribution in [3.63, 3.8) is 0 Å². The zero-order chi connectivity index (χ0) is 87.0. The molecule has 0 radical (unpaired) electrons. The highest BCUT2D eigenvalue weighted by molar-refractivity contribution is 8.08. The molecule has 0 aromatic rings. The van der Waals surface area contributed by atoms with Crippen molar-refractivity contribution in [3.05, 3.63) is 0 Å². The second-order valence-electron chi connectivity index (χ2n) is 26.6. The smallest absolute Gasteiger partial charge is 0.0861 e. The van der Waals surface area contributed by atoms with Crippen molar-refractivity contribution in [3.8, 4) is 0 Å². The van der Waals surface area contributed by atoms with Crippen LogP contribution in [-0.2, 0) is 0 Å². The van der Waals surface area contributed by atoms with Crippen LogP contribution < -0.4 is 0 Å². The minimum Gasteiger partial charge on any atom is -0.395 e. The van der Waals surface area contributed by atoms with E-state index in [2.05, 4.69) is 0 Å².